The molecular weight excluding hydrogens is 228 g/mol. The van der Waals surface area contributed by atoms with Gasteiger partial charge < -0.3 is 20.5 Å². The molecule has 4 heteroatoms. The molecule has 0 radical (unpaired) electrons. The molecule has 1 aromatic carbocycles. The van der Waals surface area contributed by atoms with Crippen LogP contribution in [0.4, 0.5) is 0 Å². The van der Waals surface area contributed by atoms with Crippen LogP contribution in [0, 0.1) is 6.92 Å². The molecule has 0 bridgehead atoms. The highest BCUT2D eigenvalue weighted by Gasteiger charge is 2.13. The molecule has 3 N–H and O–H groups in total. The Balaban J connectivity index is 2.87. The molecular formula is C14H24N2O2. The van der Waals surface area contributed by atoms with Gasteiger partial charge in [-0.3, -0.25) is 0 Å². The predicted octanol–water partition coefficient (Wildman–Crippen LogP) is 2.01. The number of hydrogen-bond acceptors (Lipinski definition) is 4. The summed E-state index contributed by atoms with van der Waals surface area (Å²) >= 11 is 0. The third-order valence-corrected chi connectivity index (χ3v) is 3.11. The molecule has 0 aliphatic rings. The lowest BCUT2D eigenvalue weighted by molar-refractivity contribution is 0.353. The SMILES string of the molecule is CNCCCC(N)c1cc(OC)c(OC)cc1C. The van der Waals surface area contributed by atoms with E-state index in [9.17, 15) is 0 Å². The van der Waals surface area contributed by atoms with Crippen molar-refractivity contribution >= 4 is 0 Å². The van der Waals surface area contributed by atoms with Crippen molar-refractivity contribution in [3.05, 3.63) is 23.3 Å². The highest BCUT2D eigenvalue weighted by atomic mass is 16.5. The van der Waals surface area contributed by atoms with Crippen molar-refractivity contribution in [3.63, 3.8) is 0 Å². The molecule has 102 valence electrons. The monoisotopic (exact) mass is 252 g/mol. The summed E-state index contributed by atoms with van der Waals surface area (Å²) in [6.07, 6.45) is 2.02. The Labute approximate surface area is 109 Å². The summed E-state index contributed by atoms with van der Waals surface area (Å²) in [6.45, 7) is 3.04. The fourth-order valence-electron chi connectivity index (χ4n) is 2.05. The summed E-state index contributed by atoms with van der Waals surface area (Å²) in [4.78, 5) is 0. The first-order chi connectivity index (χ1) is 8.63. The number of rotatable bonds is 7. The van der Waals surface area contributed by atoms with Gasteiger partial charge in [0.2, 0.25) is 0 Å². The number of nitrogens with one attached hydrogen (secondary N) is 1. The smallest absolute Gasteiger partial charge is 0.161 e. The number of ether oxygens (including phenoxy) is 2. The second kappa shape index (κ2) is 7.24. The molecule has 0 heterocycles. The first kappa shape index (κ1) is 14.8. The van der Waals surface area contributed by atoms with Crippen LogP contribution >= 0.6 is 0 Å². The average Bonchev–Trinajstić information content (AvgIpc) is 2.38. The van der Waals surface area contributed by atoms with Crippen LogP contribution in [0.2, 0.25) is 0 Å². The summed E-state index contributed by atoms with van der Waals surface area (Å²) in [7, 11) is 5.24. The van der Waals surface area contributed by atoms with Gasteiger partial charge >= 0.3 is 0 Å². The molecule has 4 nitrogen and oxygen atoms in total. The van der Waals surface area contributed by atoms with E-state index in [0.29, 0.717) is 0 Å². The van der Waals surface area contributed by atoms with Gasteiger partial charge in [0.25, 0.3) is 0 Å². The fourth-order valence-corrected chi connectivity index (χ4v) is 2.05. The highest BCUT2D eigenvalue weighted by Crippen LogP contribution is 2.33. The van der Waals surface area contributed by atoms with Crippen molar-refractivity contribution in [2.75, 3.05) is 27.8 Å². The van der Waals surface area contributed by atoms with Crippen LogP contribution in [0.3, 0.4) is 0 Å². The molecule has 0 saturated heterocycles. The largest absolute Gasteiger partial charge is 0.493 e. The number of aryl methyl sites for hydroxylation is 1. The van der Waals surface area contributed by atoms with E-state index < -0.39 is 0 Å². The molecule has 18 heavy (non-hydrogen) atoms. The average molecular weight is 252 g/mol. The first-order valence-corrected chi connectivity index (χ1v) is 6.26. The van der Waals surface area contributed by atoms with Gasteiger partial charge in [0.15, 0.2) is 11.5 Å². The maximum atomic E-state index is 6.23. The second-order valence-corrected chi connectivity index (χ2v) is 4.42. The number of benzene rings is 1. The van der Waals surface area contributed by atoms with Crippen LogP contribution in [-0.4, -0.2) is 27.8 Å². The van der Waals surface area contributed by atoms with E-state index in [2.05, 4.69) is 12.2 Å². The summed E-state index contributed by atoms with van der Waals surface area (Å²) in [5.74, 6) is 1.49. The van der Waals surface area contributed by atoms with Gasteiger partial charge in [-0.1, -0.05) is 0 Å². The normalized spacial score (nSPS) is 12.3. The first-order valence-electron chi connectivity index (χ1n) is 6.26. The molecule has 1 rings (SSSR count). The van der Waals surface area contributed by atoms with E-state index in [1.165, 1.54) is 0 Å². The quantitative estimate of drug-likeness (QED) is 0.729. The van der Waals surface area contributed by atoms with Crippen molar-refractivity contribution in [2.24, 2.45) is 5.73 Å². The zero-order valence-electron chi connectivity index (χ0n) is 11.7. The van der Waals surface area contributed by atoms with Crippen molar-refractivity contribution < 1.29 is 9.47 Å². The highest BCUT2D eigenvalue weighted by molar-refractivity contribution is 5.48. The molecule has 0 saturated carbocycles. The van der Waals surface area contributed by atoms with Gasteiger partial charge in [0.1, 0.15) is 0 Å². The summed E-state index contributed by atoms with van der Waals surface area (Å²) < 4.78 is 10.6. The van der Waals surface area contributed by atoms with Crippen LogP contribution in [0.1, 0.15) is 30.0 Å². The van der Waals surface area contributed by atoms with Crippen LogP contribution < -0.4 is 20.5 Å². The summed E-state index contributed by atoms with van der Waals surface area (Å²) in [5, 5.41) is 3.13. The van der Waals surface area contributed by atoms with Gasteiger partial charge in [-0.15, -0.1) is 0 Å². The molecule has 0 amide bonds. The Morgan fingerprint density at radius 1 is 1.22 bits per heavy atom. The van der Waals surface area contributed by atoms with Crippen LogP contribution in [0.15, 0.2) is 12.1 Å². The fraction of sp³-hybridized carbons (Fsp3) is 0.571. The van der Waals surface area contributed by atoms with Gasteiger partial charge in [0, 0.05) is 6.04 Å². The molecule has 0 spiro atoms. The molecule has 0 aromatic heterocycles. The van der Waals surface area contributed by atoms with Crippen molar-refractivity contribution in [1.29, 1.82) is 0 Å². The standard InChI is InChI=1S/C14H24N2O2/c1-10-8-13(17-3)14(18-4)9-11(10)12(15)6-5-7-16-2/h8-9,12,16H,5-7,15H2,1-4H3. The lowest BCUT2D eigenvalue weighted by Crippen LogP contribution is -2.15. The molecule has 0 fully saturated rings. The van der Waals surface area contributed by atoms with E-state index in [4.69, 9.17) is 15.2 Å². The summed E-state index contributed by atoms with van der Waals surface area (Å²) in [6, 6.07) is 4.00. The molecule has 0 aliphatic carbocycles. The Morgan fingerprint density at radius 2 is 1.83 bits per heavy atom. The maximum absolute atomic E-state index is 6.23. The lowest BCUT2D eigenvalue weighted by atomic mass is 9.97. The molecule has 1 atom stereocenters. The lowest BCUT2D eigenvalue weighted by Gasteiger charge is -2.17. The minimum Gasteiger partial charge on any atom is -0.493 e. The number of methoxy groups -OCH3 is 2. The van der Waals surface area contributed by atoms with Crippen LogP contribution in [0.25, 0.3) is 0 Å². The zero-order chi connectivity index (χ0) is 13.5. The van der Waals surface area contributed by atoms with E-state index in [1.54, 1.807) is 14.2 Å². The Kier molecular flexibility index (Phi) is 5.95. The zero-order valence-corrected chi connectivity index (χ0v) is 11.7. The topological polar surface area (TPSA) is 56.5 Å². The Bertz CT molecular complexity index is 380. The van der Waals surface area contributed by atoms with Gasteiger partial charge in [-0.25, -0.2) is 0 Å². The second-order valence-electron chi connectivity index (χ2n) is 4.42. The van der Waals surface area contributed by atoms with Crippen LogP contribution in [0.5, 0.6) is 11.5 Å². The maximum Gasteiger partial charge on any atom is 0.161 e. The van der Waals surface area contributed by atoms with Crippen molar-refractivity contribution in [3.8, 4) is 11.5 Å². The Morgan fingerprint density at radius 3 is 2.39 bits per heavy atom. The minimum absolute atomic E-state index is 0.0400. The van der Waals surface area contributed by atoms with E-state index in [1.807, 2.05) is 19.2 Å². The minimum atomic E-state index is 0.0400. The van der Waals surface area contributed by atoms with E-state index in [0.717, 1.165) is 42.0 Å². The predicted molar refractivity (Wildman–Crippen MR) is 74.4 cm³/mol. The molecule has 0 aliphatic heterocycles. The molecule has 1 unspecified atom stereocenters. The number of hydrogen-bond donors (Lipinski definition) is 2. The van der Waals surface area contributed by atoms with Gasteiger partial charge in [-0.2, -0.15) is 0 Å². The number of nitrogens with two attached hydrogens (primary N) is 1. The third kappa shape index (κ3) is 3.62. The van der Waals surface area contributed by atoms with E-state index >= 15 is 0 Å². The summed E-state index contributed by atoms with van der Waals surface area (Å²) in [5.41, 5.74) is 8.50. The molecule has 1 aromatic rings. The van der Waals surface area contributed by atoms with Crippen molar-refractivity contribution in [2.45, 2.75) is 25.8 Å². The third-order valence-electron chi connectivity index (χ3n) is 3.11. The van der Waals surface area contributed by atoms with Gasteiger partial charge in [-0.05, 0) is 56.6 Å². The van der Waals surface area contributed by atoms with Gasteiger partial charge in [0.05, 0.1) is 14.2 Å². The van der Waals surface area contributed by atoms with E-state index in [-0.39, 0.29) is 6.04 Å². The Hall–Kier alpha value is -1.26. The van der Waals surface area contributed by atoms with Crippen molar-refractivity contribution in [1.82, 2.24) is 5.32 Å². The van der Waals surface area contributed by atoms with Crippen LogP contribution in [-0.2, 0) is 0 Å².